The summed E-state index contributed by atoms with van der Waals surface area (Å²) in [6.07, 6.45) is 2.41. The van der Waals surface area contributed by atoms with Crippen molar-refractivity contribution in [1.29, 1.82) is 0 Å². The Morgan fingerprint density at radius 2 is 1.90 bits per heavy atom. The SMILES string of the molecule is CCC1(CC)CNC(C)(C)CN1Cc1cccc(C)c1. The predicted molar refractivity (Wildman–Crippen MR) is 87.0 cm³/mol. The summed E-state index contributed by atoms with van der Waals surface area (Å²) in [7, 11) is 0. The van der Waals surface area contributed by atoms with Crippen LogP contribution in [0.5, 0.6) is 0 Å². The zero-order valence-corrected chi connectivity index (χ0v) is 13.8. The van der Waals surface area contributed by atoms with Gasteiger partial charge in [-0.15, -0.1) is 0 Å². The number of rotatable bonds is 4. The first-order valence-electron chi connectivity index (χ1n) is 7.96. The summed E-state index contributed by atoms with van der Waals surface area (Å²) in [5, 5.41) is 3.74. The van der Waals surface area contributed by atoms with Crippen LogP contribution in [0.2, 0.25) is 0 Å². The highest BCUT2D eigenvalue weighted by Crippen LogP contribution is 2.31. The maximum Gasteiger partial charge on any atom is 0.0333 e. The fraction of sp³-hybridized carbons (Fsp3) is 0.667. The third kappa shape index (κ3) is 3.24. The number of piperazine rings is 1. The second-order valence-corrected chi connectivity index (χ2v) is 7.01. The molecule has 2 heteroatoms. The van der Waals surface area contributed by atoms with Crippen LogP contribution in [0.4, 0.5) is 0 Å². The van der Waals surface area contributed by atoms with Crippen LogP contribution in [0.1, 0.15) is 51.7 Å². The van der Waals surface area contributed by atoms with Crippen molar-refractivity contribution in [3.63, 3.8) is 0 Å². The quantitative estimate of drug-likeness (QED) is 0.900. The third-order valence-corrected chi connectivity index (χ3v) is 4.93. The molecule has 1 N–H and O–H groups in total. The van der Waals surface area contributed by atoms with E-state index in [4.69, 9.17) is 0 Å². The van der Waals surface area contributed by atoms with E-state index in [0.29, 0.717) is 5.54 Å². The van der Waals surface area contributed by atoms with Gasteiger partial charge >= 0.3 is 0 Å². The molecule has 0 atom stereocenters. The van der Waals surface area contributed by atoms with Crippen LogP contribution in [0.25, 0.3) is 0 Å². The standard InChI is InChI=1S/C18H30N2/c1-6-18(7-2)13-19-17(4,5)14-20(18)12-16-10-8-9-15(3)11-16/h8-11,19H,6-7,12-14H2,1-5H3. The highest BCUT2D eigenvalue weighted by Gasteiger charge is 2.41. The van der Waals surface area contributed by atoms with E-state index < -0.39 is 0 Å². The van der Waals surface area contributed by atoms with E-state index in [1.165, 1.54) is 24.0 Å². The van der Waals surface area contributed by atoms with Gasteiger partial charge in [-0.2, -0.15) is 0 Å². The molecule has 0 spiro atoms. The molecular formula is C18H30N2. The summed E-state index contributed by atoms with van der Waals surface area (Å²) >= 11 is 0. The molecule has 1 aliphatic heterocycles. The molecule has 0 unspecified atom stereocenters. The van der Waals surface area contributed by atoms with Gasteiger partial charge in [-0.25, -0.2) is 0 Å². The van der Waals surface area contributed by atoms with Gasteiger partial charge in [0.05, 0.1) is 0 Å². The summed E-state index contributed by atoms with van der Waals surface area (Å²) < 4.78 is 0. The maximum atomic E-state index is 3.74. The first kappa shape index (κ1) is 15.5. The second kappa shape index (κ2) is 5.87. The molecule has 1 aromatic carbocycles. The predicted octanol–water partition coefficient (Wildman–Crippen LogP) is 3.74. The van der Waals surface area contributed by atoms with E-state index in [2.05, 4.69) is 69.1 Å². The Bertz CT molecular complexity index is 446. The van der Waals surface area contributed by atoms with E-state index in [1.54, 1.807) is 0 Å². The molecule has 0 aromatic heterocycles. The van der Waals surface area contributed by atoms with E-state index in [9.17, 15) is 0 Å². The molecule has 112 valence electrons. The van der Waals surface area contributed by atoms with Crippen LogP contribution in [0.3, 0.4) is 0 Å². The van der Waals surface area contributed by atoms with Crippen LogP contribution in [-0.4, -0.2) is 29.1 Å². The van der Waals surface area contributed by atoms with Gasteiger partial charge in [0.25, 0.3) is 0 Å². The van der Waals surface area contributed by atoms with Crippen molar-refractivity contribution in [2.24, 2.45) is 0 Å². The van der Waals surface area contributed by atoms with Crippen molar-refractivity contribution in [2.45, 2.75) is 65.1 Å². The Labute approximate surface area is 124 Å². The zero-order valence-electron chi connectivity index (χ0n) is 13.8. The van der Waals surface area contributed by atoms with Crippen molar-refractivity contribution >= 4 is 0 Å². The fourth-order valence-electron chi connectivity index (χ4n) is 3.42. The summed E-state index contributed by atoms with van der Waals surface area (Å²) in [5.41, 5.74) is 3.31. The smallest absolute Gasteiger partial charge is 0.0333 e. The van der Waals surface area contributed by atoms with E-state index in [-0.39, 0.29) is 5.54 Å². The minimum atomic E-state index is 0.206. The molecule has 0 saturated carbocycles. The van der Waals surface area contributed by atoms with E-state index >= 15 is 0 Å². The highest BCUT2D eigenvalue weighted by atomic mass is 15.3. The van der Waals surface area contributed by atoms with Gasteiger partial charge in [0.15, 0.2) is 0 Å². The molecule has 2 nitrogen and oxygen atoms in total. The molecule has 20 heavy (non-hydrogen) atoms. The molecule has 2 rings (SSSR count). The molecule has 0 aliphatic carbocycles. The lowest BCUT2D eigenvalue weighted by molar-refractivity contribution is 0.00233. The summed E-state index contributed by atoms with van der Waals surface area (Å²) in [6, 6.07) is 8.94. The average molecular weight is 274 g/mol. The van der Waals surface area contributed by atoms with Gasteiger partial charge in [0, 0.05) is 30.7 Å². The van der Waals surface area contributed by atoms with Crippen LogP contribution in [0.15, 0.2) is 24.3 Å². The molecular weight excluding hydrogens is 244 g/mol. The summed E-state index contributed by atoms with van der Waals surface area (Å²) in [6.45, 7) is 14.7. The molecule has 1 fully saturated rings. The Morgan fingerprint density at radius 3 is 2.50 bits per heavy atom. The molecule has 0 amide bonds. The Morgan fingerprint density at radius 1 is 1.20 bits per heavy atom. The van der Waals surface area contributed by atoms with Gasteiger partial charge in [-0.3, -0.25) is 4.90 Å². The lowest BCUT2D eigenvalue weighted by atomic mass is 9.84. The van der Waals surface area contributed by atoms with Crippen molar-refractivity contribution in [1.82, 2.24) is 10.2 Å². The second-order valence-electron chi connectivity index (χ2n) is 7.01. The van der Waals surface area contributed by atoms with E-state index in [1.807, 2.05) is 0 Å². The third-order valence-electron chi connectivity index (χ3n) is 4.93. The minimum Gasteiger partial charge on any atom is -0.309 e. The Kier molecular flexibility index (Phi) is 4.55. The van der Waals surface area contributed by atoms with Crippen molar-refractivity contribution in [3.05, 3.63) is 35.4 Å². The first-order valence-corrected chi connectivity index (χ1v) is 7.96. The van der Waals surface area contributed by atoms with Gasteiger partial charge in [-0.1, -0.05) is 43.7 Å². The highest BCUT2D eigenvalue weighted by molar-refractivity contribution is 5.22. The van der Waals surface area contributed by atoms with Crippen molar-refractivity contribution < 1.29 is 0 Å². The summed E-state index contributed by atoms with van der Waals surface area (Å²) in [4.78, 5) is 2.71. The van der Waals surface area contributed by atoms with Crippen LogP contribution >= 0.6 is 0 Å². The van der Waals surface area contributed by atoms with Gasteiger partial charge in [0.1, 0.15) is 0 Å². The molecule has 0 bridgehead atoms. The normalized spacial score (nSPS) is 21.9. The number of hydrogen-bond donors (Lipinski definition) is 1. The van der Waals surface area contributed by atoms with Crippen LogP contribution < -0.4 is 5.32 Å². The topological polar surface area (TPSA) is 15.3 Å². The first-order chi connectivity index (χ1) is 9.41. The van der Waals surface area contributed by atoms with Crippen molar-refractivity contribution in [3.8, 4) is 0 Å². The van der Waals surface area contributed by atoms with Crippen LogP contribution in [0, 0.1) is 6.92 Å². The minimum absolute atomic E-state index is 0.206. The number of nitrogens with one attached hydrogen (secondary N) is 1. The molecule has 1 saturated heterocycles. The van der Waals surface area contributed by atoms with Crippen LogP contribution in [-0.2, 0) is 6.54 Å². The molecule has 0 radical (unpaired) electrons. The largest absolute Gasteiger partial charge is 0.309 e. The maximum absolute atomic E-state index is 3.74. The lowest BCUT2D eigenvalue weighted by Gasteiger charge is -2.52. The average Bonchev–Trinajstić information content (AvgIpc) is 2.39. The molecule has 1 aromatic rings. The monoisotopic (exact) mass is 274 g/mol. The van der Waals surface area contributed by atoms with Gasteiger partial charge < -0.3 is 5.32 Å². The molecule has 1 heterocycles. The zero-order chi connectivity index (χ0) is 14.8. The number of nitrogens with zero attached hydrogens (tertiary/aromatic N) is 1. The number of benzene rings is 1. The lowest BCUT2D eigenvalue weighted by Crippen LogP contribution is -2.67. The Balaban J connectivity index is 2.23. The summed E-state index contributed by atoms with van der Waals surface area (Å²) in [5.74, 6) is 0. The van der Waals surface area contributed by atoms with E-state index in [0.717, 1.165) is 19.6 Å². The Hall–Kier alpha value is -0.860. The van der Waals surface area contributed by atoms with Gasteiger partial charge in [0.2, 0.25) is 0 Å². The van der Waals surface area contributed by atoms with Gasteiger partial charge in [-0.05, 0) is 39.2 Å². The fourth-order valence-corrected chi connectivity index (χ4v) is 3.42. The number of aryl methyl sites for hydroxylation is 1. The molecule has 1 aliphatic rings. The number of hydrogen-bond acceptors (Lipinski definition) is 2. The van der Waals surface area contributed by atoms with Crippen molar-refractivity contribution in [2.75, 3.05) is 13.1 Å².